The van der Waals surface area contributed by atoms with Gasteiger partial charge in [-0.2, -0.15) is 0 Å². The Balaban J connectivity index is 3.02. The van der Waals surface area contributed by atoms with Crippen molar-refractivity contribution in [3.63, 3.8) is 0 Å². The molecule has 0 aromatic rings. The lowest BCUT2D eigenvalue weighted by Gasteiger charge is -2.17. The van der Waals surface area contributed by atoms with E-state index in [4.69, 9.17) is 0 Å². The van der Waals surface area contributed by atoms with Crippen molar-refractivity contribution in [3.8, 4) is 0 Å². The number of nitrogens with zero attached hydrogens (tertiary/aromatic N) is 1. The summed E-state index contributed by atoms with van der Waals surface area (Å²) < 4.78 is 0. The van der Waals surface area contributed by atoms with Gasteiger partial charge in [-0.3, -0.25) is 0 Å². The zero-order valence-electron chi connectivity index (χ0n) is 15.5. The van der Waals surface area contributed by atoms with Gasteiger partial charge in [0.15, 0.2) is 0 Å². The largest absolute Gasteiger partial charge is 0.304 e. The standard InChI is InChI=1S/C20H43N/c1-4-7-8-9-10-11-12-13-14-15-16-17-18-19-20-21(5-2)6-3/h4-20H2,1-3H3. The average molecular weight is 298 g/mol. The normalized spacial score (nSPS) is 11.4. The molecule has 1 heteroatoms. The molecule has 0 saturated heterocycles. The summed E-state index contributed by atoms with van der Waals surface area (Å²) in [5, 5.41) is 0. The van der Waals surface area contributed by atoms with Crippen LogP contribution >= 0.6 is 0 Å². The zero-order chi connectivity index (χ0) is 15.6. The predicted molar refractivity (Wildman–Crippen MR) is 98.1 cm³/mol. The Morgan fingerprint density at radius 3 is 1.10 bits per heavy atom. The molecule has 1 nitrogen and oxygen atoms in total. The van der Waals surface area contributed by atoms with E-state index in [0.29, 0.717) is 0 Å². The molecule has 0 amide bonds. The first-order valence-electron chi connectivity index (χ1n) is 10.1. The number of unbranched alkanes of at least 4 members (excludes halogenated alkanes) is 13. The molecule has 0 saturated carbocycles. The van der Waals surface area contributed by atoms with Gasteiger partial charge in [0.1, 0.15) is 0 Å². The second-order valence-corrected chi connectivity index (χ2v) is 6.62. The van der Waals surface area contributed by atoms with Gasteiger partial charge >= 0.3 is 0 Å². The molecular weight excluding hydrogens is 254 g/mol. The van der Waals surface area contributed by atoms with Crippen LogP contribution in [0, 0.1) is 0 Å². The summed E-state index contributed by atoms with van der Waals surface area (Å²) in [6.07, 6.45) is 20.4. The van der Waals surface area contributed by atoms with Crippen molar-refractivity contribution in [2.45, 2.75) is 111 Å². The fourth-order valence-corrected chi connectivity index (χ4v) is 3.07. The smallest absolute Gasteiger partial charge is 0.00190 e. The van der Waals surface area contributed by atoms with Gasteiger partial charge in [-0.15, -0.1) is 0 Å². The van der Waals surface area contributed by atoms with Gasteiger partial charge in [-0.05, 0) is 26.1 Å². The Bertz CT molecular complexity index is 175. The Hall–Kier alpha value is -0.0400. The van der Waals surface area contributed by atoms with Crippen LogP contribution in [0.3, 0.4) is 0 Å². The molecule has 0 N–H and O–H groups in total. The van der Waals surface area contributed by atoms with Crippen LogP contribution in [0.5, 0.6) is 0 Å². The summed E-state index contributed by atoms with van der Waals surface area (Å²) in [7, 11) is 0. The van der Waals surface area contributed by atoms with Crippen molar-refractivity contribution in [3.05, 3.63) is 0 Å². The molecule has 0 aliphatic heterocycles. The summed E-state index contributed by atoms with van der Waals surface area (Å²) in [5.41, 5.74) is 0. The lowest BCUT2D eigenvalue weighted by molar-refractivity contribution is 0.295. The topological polar surface area (TPSA) is 3.24 Å². The molecule has 0 rings (SSSR count). The highest BCUT2D eigenvalue weighted by atomic mass is 15.1. The van der Waals surface area contributed by atoms with Crippen LogP contribution in [0.4, 0.5) is 0 Å². The first-order chi connectivity index (χ1) is 10.3. The molecule has 0 bridgehead atoms. The highest BCUT2D eigenvalue weighted by molar-refractivity contribution is 4.53. The second kappa shape index (κ2) is 18.0. The minimum absolute atomic E-state index is 1.22. The second-order valence-electron chi connectivity index (χ2n) is 6.62. The Kier molecular flexibility index (Phi) is 18.0. The van der Waals surface area contributed by atoms with Gasteiger partial charge in [0.25, 0.3) is 0 Å². The molecule has 0 aliphatic carbocycles. The Morgan fingerprint density at radius 1 is 0.429 bits per heavy atom. The van der Waals surface area contributed by atoms with E-state index in [-0.39, 0.29) is 0 Å². The highest BCUT2D eigenvalue weighted by Gasteiger charge is 1.98. The van der Waals surface area contributed by atoms with Crippen molar-refractivity contribution in [1.29, 1.82) is 0 Å². The fraction of sp³-hybridized carbons (Fsp3) is 1.00. The third-order valence-corrected chi connectivity index (χ3v) is 4.72. The summed E-state index contributed by atoms with van der Waals surface area (Å²) in [6.45, 7) is 10.6. The summed E-state index contributed by atoms with van der Waals surface area (Å²) in [6, 6.07) is 0. The van der Waals surface area contributed by atoms with E-state index in [2.05, 4.69) is 25.7 Å². The molecule has 0 aromatic carbocycles. The number of rotatable bonds is 17. The van der Waals surface area contributed by atoms with E-state index >= 15 is 0 Å². The van der Waals surface area contributed by atoms with Gasteiger partial charge in [-0.25, -0.2) is 0 Å². The van der Waals surface area contributed by atoms with E-state index in [1.54, 1.807) is 0 Å². The first-order valence-corrected chi connectivity index (χ1v) is 10.1. The van der Waals surface area contributed by atoms with Crippen LogP contribution in [0.1, 0.15) is 111 Å². The molecule has 0 radical (unpaired) electrons. The molecule has 0 aromatic heterocycles. The van der Waals surface area contributed by atoms with Crippen LogP contribution < -0.4 is 0 Å². The lowest BCUT2D eigenvalue weighted by atomic mass is 10.0. The van der Waals surface area contributed by atoms with Crippen molar-refractivity contribution in [1.82, 2.24) is 4.90 Å². The Morgan fingerprint density at radius 2 is 0.762 bits per heavy atom. The maximum atomic E-state index is 2.54. The van der Waals surface area contributed by atoms with Crippen LogP contribution in [-0.2, 0) is 0 Å². The van der Waals surface area contributed by atoms with E-state index in [0.717, 1.165) is 0 Å². The maximum absolute atomic E-state index is 2.54. The van der Waals surface area contributed by atoms with Crippen molar-refractivity contribution >= 4 is 0 Å². The third kappa shape index (κ3) is 16.2. The zero-order valence-corrected chi connectivity index (χ0v) is 15.5. The minimum Gasteiger partial charge on any atom is -0.304 e. The Labute approximate surface area is 135 Å². The van der Waals surface area contributed by atoms with Crippen LogP contribution in [0.25, 0.3) is 0 Å². The number of hydrogen-bond acceptors (Lipinski definition) is 1. The first kappa shape index (κ1) is 21.0. The van der Waals surface area contributed by atoms with Gasteiger partial charge in [-0.1, -0.05) is 104 Å². The number of hydrogen-bond donors (Lipinski definition) is 0. The van der Waals surface area contributed by atoms with E-state index < -0.39 is 0 Å². The highest BCUT2D eigenvalue weighted by Crippen LogP contribution is 2.13. The summed E-state index contributed by atoms with van der Waals surface area (Å²) >= 11 is 0. The quantitative estimate of drug-likeness (QED) is 0.266. The van der Waals surface area contributed by atoms with Crippen LogP contribution in [-0.4, -0.2) is 24.5 Å². The molecule has 21 heavy (non-hydrogen) atoms. The maximum Gasteiger partial charge on any atom is -0.00190 e. The third-order valence-electron chi connectivity index (χ3n) is 4.72. The minimum atomic E-state index is 1.22. The SMILES string of the molecule is CCCCCCCCCCCCCCCCN(CC)CC. The van der Waals surface area contributed by atoms with Gasteiger partial charge in [0.05, 0.1) is 0 Å². The molecule has 0 atom stereocenters. The molecule has 0 fully saturated rings. The molecule has 0 unspecified atom stereocenters. The fourth-order valence-electron chi connectivity index (χ4n) is 3.07. The van der Waals surface area contributed by atoms with Crippen molar-refractivity contribution < 1.29 is 0 Å². The summed E-state index contributed by atoms with van der Waals surface area (Å²) in [4.78, 5) is 2.54. The van der Waals surface area contributed by atoms with E-state index in [9.17, 15) is 0 Å². The summed E-state index contributed by atoms with van der Waals surface area (Å²) in [5.74, 6) is 0. The molecule has 128 valence electrons. The molecular formula is C20H43N. The molecule has 0 spiro atoms. The van der Waals surface area contributed by atoms with Crippen molar-refractivity contribution in [2.75, 3.05) is 19.6 Å². The van der Waals surface area contributed by atoms with Gasteiger partial charge in [0, 0.05) is 0 Å². The van der Waals surface area contributed by atoms with Crippen LogP contribution in [0.2, 0.25) is 0 Å². The van der Waals surface area contributed by atoms with Crippen molar-refractivity contribution in [2.24, 2.45) is 0 Å². The van der Waals surface area contributed by atoms with Gasteiger partial charge in [0.2, 0.25) is 0 Å². The van der Waals surface area contributed by atoms with E-state index in [1.807, 2.05) is 0 Å². The van der Waals surface area contributed by atoms with Crippen LogP contribution in [0.15, 0.2) is 0 Å². The van der Waals surface area contributed by atoms with Gasteiger partial charge < -0.3 is 4.90 Å². The molecule has 0 aliphatic rings. The predicted octanol–water partition coefficient (Wildman–Crippen LogP) is 6.81. The molecule has 0 heterocycles. The van der Waals surface area contributed by atoms with E-state index in [1.165, 1.54) is 110 Å². The lowest BCUT2D eigenvalue weighted by Crippen LogP contribution is -2.23. The monoisotopic (exact) mass is 297 g/mol. The average Bonchev–Trinajstić information content (AvgIpc) is 2.51.